The number of hydrogen-bond donors (Lipinski definition) is 0. The van der Waals surface area contributed by atoms with Crippen molar-refractivity contribution in [1.82, 2.24) is 4.90 Å². The molecule has 0 saturated heterocycles. The van der Waals surface area contributed by atoms with Crippen LogP contribution >= 0.6 is 22.9 Å². The van der Waals surface area contributed by atoms with Crippen molar-refractivity contribution in [2.45, 2.75) is 32.2 Å². The van der Waals surface area contributed by atoms with Crippen molar-refractivity contribution in [3.63, 3.8) is 0 Å². The lowest BCUT2D eigenvalue weighted by Crippen LogP contribution is -2.30. The molecule has 2 aromatic rings. The molecule has 132 valence electrons. The van der Waals surface area contributed by atoms with E-state index in [4.69, 9.17) is 16.3 Å². The normalized spacial score (nSPS) is 13.2. The minimum atomic E-state index is -0.396. The van der Waals surface area contributed by atoms with Gasteiger partial charge in [0.05, 0.1) is 5.56 Å². The first-order valence-electron chi connectivity index (χ1n) is 8.29. The van der Waals surface area contributed by atoms with E-state index in [0.717, 1.165) is 30.4 Å². The number of halogens is 1. The van der Waals surface area contributed by atoms with Crippen molar-refractivity contribution in [3.8, 4) is 0 Å². The van der Waals surface area contributed by atoms with Gasteiger partial charge in [-0.3, -0.25) is 4.79 Å². The highest BCUT2D eigenvalue weighted by atomic mass is 35.5. The highest BCUT2D eigenvalue weighted by Crippen LogP contribution is 2.30. The van der Waals surface area contributed by atoms with E-state index in [0.29, 0.717) is 17.1 Å². The van der Waals surface area contributed by atoms with Crippen LogP contribution in [-0.4, -0.2) is 30.4 Å². The summed E-state index contributed by atoms with van der Waals surface area (Å²) in [6, 6.07) is 7.31. The van der Waals surface area contributed by atoms with Gasteiger partial charge in [-0.15, -0.1) is 11.3 Å². The Morgan fingerprint density at radius 3 is 2.68 bits per heavy atom. The van der Waals surface area contributed by atoms with Crippen LogP contribution in [0.5, 0.6) is 0 Å². The van der Waals surface area contributed by atoms with Crippen LogP contribution in [0.25, 0.3) is 0 Å². The molecule has 1 amide bonds. The Morgan fingerprint density at radius 1 is 1.20 bits per heavy atom. The van der Waals surface area contributed by atoms with Crippen LogP contribution in [0.15, 0.2) is 29.6 Å². The molecule has 0 atom stereocenters. The van der Waals surface area contributed by atoms with Gasteiger partial charge in [0.2, 0.25) is 0 Å². The van der Waals surface area contributed by atoms with Crippen LogP contribution in [-0.2, 0) is 28.9 Å². The zero-order chi connectivity index (χ0) is 17.8. The minimum Gasteiger partial charge on any atom is -0.452 e. The number of likely N-dealkylation sites (N-methyl/N-ethyl adjacent to an activating group) is 1. The maximum Gasteiger partial charge on any atom is 0.339 e. The predicted octanol–water partition coefficient (Wildman–Crippen LogP) is 4.10. The van der Waals surface area contributed by atoms with Gasteiger partial charge in [-0.05, 0) is 48.9 Å². The third kappa shape index (κ3) is 4.41. The molecule has 3 rings (SSSR count). The molecule has 0 saturated carbocycles. The van der Waals surface area contributed by atoms with E-state index in [1.807, 2.05) is 17.5 Å². The monoisotopic (exact) mass is 377 g/mol. The smallest absolute Gasteiger partial charge is 0.339 e. The SMILES string of the molecule is CN(Cc1ccc(Cl)cc1)C(=O)COC(=O)c1csc2c1CCCC2. The minimum absolute atomic E-state index is 0.229. The van der Waals surface area contributed by atoms with Gasteiger partial charge in [0.25, 0.3) is 5.91 Å². The van der Waals surface area contributed by atoms with E-state index in [2.05, 4.69) is 0 Å². The fraction of sp³-hybridized carbons (Fsp3) is 0.368. The van der Waals surface area contributed by atoms with Crippen molar-refractivity contribution in [1.29, 1.82) is 0 Å². The molecule has 0 bridgehead atoms. The number of ether oxygens (including phenoxy) is 1. The van der Waals surface area contributed by atoms with Crippen molar-refractivity contribution in [3.05, 3.63) is 56.2 Å². The van der Waals surface area contributed by atoms with Crippen molar-refractivity contribution in [2.75, 3.05) is 13.7 Å². The van der Waals surface area contributed by atoms with E-state index >= 15 is 0 Å². The lowest BCUT2D eigenvalue weighted by Gasteiger charge is -2.17. The summed E-state index contributed by atoms with van der Waals surface area (Å²) in [4.78, 5) is 27.3. The maximum atomic E-state index is 12.3. The zero-order valence-corrected chi connectivity index (χ0v) is 15.7. The van der Waals surface area contributed by atoms with Gasteiger partial charge in [0.15, 0.2) is 6.61 Å². The van der Waals surface area contributed by atoms with Crippen LogP contribution in [0.4, 0.5) is 0 Å². The van der Waals surface area contributed by atoms with Crippen LogP contribution in [0, 0.1) is 0 Å². The van der Waals surface area contributed by atoms with Gasteiger partial charge < -0.3 is 9.64 Å². The van der Waals surface area contributed by atoms with E-state index in [-0.39, 0.29) is 12.5 Å². The summed E-state index contributed by atoms with van der Waals surface area (Å²) < 4.78 is 5.25. The number of amides is 1. The van der Waals surface area contributed by atoms with Gasteiger partial charge in [0, 0.05) is 28.9 Å². The van der Waals surface area contributed by atoms with Gasteiger partial charge in [-0.25, -0.2) is 4.79 Å². The number of carbonyl (C=O) groups is 2. The van der Waals surface area contributed by atoms with Gasteiger partial charge >= 0.3 is 5.97 Å². The highest BCUT2D eigenvalue weighted by molar-refractivity contribution is 7.10. The number of hydrogen-bond acceptors (Lipinski definition) is 4. The average molecular weight is 378 g/mol. The fourth-order valence-electron chi connectivity index (χ4n) is 2.93. The largest absolute Gasteiger partial charge is 0.452 e. The number of esters is 1. The standard InChI is InChI=1S/C19H20ClNO3S/c1-21(10-13-6-8-14(20)9-7-13)18(22)11-24-19(23)16-12-25-17-5-3-2-4-15(16)17/h6-9,12H,2-5,10-11H2,1H3. The molecule has 0 unspecified atom stereocenters. The molecule has 1 aliphatic carbocycles. The first kappa shape index (κ1) is 18.0. The van der Waals surface area contributed by atoms with Crippen LogP contribution < -0.4 is 0 Å². The molecule has 25 heavy (non-hydrogen) atoms. The molecule has 6 heteroatoms. The summed E-state index contributed by atoms with van der Waals surface area (Å²) in [7, 11) is 1.69. The summed E-state index contributed by atoms with van der Waals surface area (Å²) in [5.74, 6) is -0.625. The number of nitrogens with zero attached hydrogens (tertiary/aromatic N) is 1. The Bertz CT molecular complexity index is 769. The Labute approximate surface area is 156 Å². The number of benzene rings is 1. The second-order valence-electron chi connectivity index (χ2n) is 6.21. The molecule has 0 N–H and O–H groups in total. The molecule has 0 spiro atoms. The van der Waals surface area contributed by atoms with E-state index in [1.54, 1.807) is 35.4 Å². The van der Waals surface area contributed by atoms with Gasteiger partial charge in [-0.1, -0.05) is 23.7 Å². The first-order chi connectivity index (χ1) is 12.0. The Balaban J connectivity index is 1.53. The predicted molar refractivity (Wildman–Crippen MR) is 99.2 cm³/mol. The topological polar surface area (TPSA) is 46.6 Å². The van der Waals surface area contributed by atoms with Crippen molar-refractivity contribution < 1.29 is 14.3 Å². The summed E-state index contributed by atoms with van der Waals surface area (Å²) in [6.45, 7) is 0.203. The quantitative estimate of drug-likeness (QED) is 0.737. The Morgan fingerprint density at radius 2 is 1.92 bits per heavy atom. The zero-order valence-electron chi connectivity index (χ0n) is 14.1. The van der Waals surface area contributed by atoms with Gasteiger partial charge in [-0.2, -0.15) is 0 Å². The molecule has 1 heterocycles. The van der Waals surface area contributed by atoms with Crippen molar-refractivity contribution >= 4 is 34.8 Å². The maximum absolute atomic E-state index is 12.3. The van der Waals surface area contributed by atoms with E-state index in [9.17, 15) is 9.59 Å². The second-order valence-corrected chi connectivity index (χ2v) is 7.61. The summed E-state index contributed by atoms with van der Waals surface area (Å²) in [6.07, 6.45) is 4.24. The molecule has 1 aromatic heterocycles. The molecular weight excluding hydrogens is 358 g/mol. The van der Waals surface area contributed by atoms with Crippen LogP contribution in [0.3, 0.4) is 0 Å². The summed E-state index contributed by atoms with van der Waals surface area (Å²) >= 11 is 7.47. The fourth-order valence-corrected chi connectivity index (χ4v) is 4.17. The second kappa shape index (κ2) is 8.02. The van der Waals surface area contributed by atoms with Crippen molar-refractivity contribution in [2.24, 2.45) is 0 Å². The lowest BCUT2D eigenvalue weighted by atomic mass is 9.96. The van der Waals surface area contributed by atoms with Gasteiger partial charge in [0.1, 0.15) is 0 Å². The third-order valence-electron chi connectivity index (χ3n) is 4.37. The molecular formula is C19H20ClNO3S. The molecule has 0 aliphatic heterocycles. The number of fused-ring (bicyclic) bond motifs is 1. The first-order valence-corrected chi connectivity index (χ1v) is 9.55. The number of carbonyl (C=O) groups excluding carboxylic acids is 2. The molecule has 1 aromatic carbocycles. The van der Waals surface area contributed by atoms with E-state index in [1.165, 1.54) is 11.3 Å². The number of aryl methyl sites for hydroxylation is 1. The van der Waals surface area contributed by atoms with Crippen LogP contribution in [0.1, 0.15) is 39.2 Å². The number of rotatable bonds is 5. The third-order valence-corrected chi connectivity index (χ3v) is 5.71. The Hall–Kier alpha value is -1.85. The number of thiophene rings is 1. The van der Waals surface area contributed by atoms with E-state index < -0.39 is 5.97 Å². The average Bonchev–Trinajstić information content (AvgIpc) is 3.05. The van der Waals surface area contributed by atoms with Crippen LogP contribution in [0.2, 0.25) is 5.02 Å². The Kier molecular flexibility index (Phi) is 5.76. The summed E-state index contributed by atoms with van der Waals surface area (Å²) in [5, 5.41) is 2.52. The molecule has 0 fully saturated rings. The summed E-state index contributed by atoms with van der Waals surface area (Å²) in [5.41, 5.74) is 2.72. The molecule has 0 radical (unpaired) electrons. The molecule has 4 nitrogen and oxygen atoms in total. The molecule has 1 aliphatic rings. The lowest BCUT2D eigenvalue weighted by molar-refractivity contribution is -0.133. The highest BCUT2D eigenvalue weighted by Gasteiger charge is 2.22.